The molecular formula is C17H21Cl2N3O2. The number of carbonyl (C=O) groups is 2. The molecule has 2 aliphatic heterocycles. The second-order valence-corrected chi connectivity index (χ2v) is 7.41. The van der Waals surface area contributed by atoms with E-state index in [4.69, 9.17) is 28.9 Å². The molecule has 7 heteroatoms. The zero-order valence-corrected chi connectivity index (χ0v) is 14.9. The van der Waals surface area contributed by atoms with Crippen LogP contribution < -0.4 is 10.6 Å². The van der Waals surface area contributed by atoms with Gasteiger partial charge in [-0.3, -0.25) is 9.59 Å². The number of nitrogens with zero attached hydrogens (tertiary/aromatic N) is 2. The molecule has 24 heavy (non-hydrogen) atoms. The molecule has 0 aromatic heterocycles. The molecule has 2 N–H and O–H groups in total. The molecule has 1 unspecified atom stereocenters. The smallest absolute Gasteiger partial charge is 0.228 e. The van der Waals surface area contributed by atoms with E-state index in [1.807, 2.05) is 4.90 Å². The quantitative estimate of drug-likeness (QED) is 0.889. The molecule has 2 heterocycles. The summed E-state index contributed by atoms with van der Waals surface area (Å²) in [6.45, 7) is 2.52. The Morgan fingerprint density at radius 2 is 1.79 bits per heavy atom. The fourth-order valence-corrected chi connectivity index (χ4v) is 3.98. The molecular weight excluding hydrogens is 349 g/mol. The second-order valence-electron chi connectivity index (χ2n) is 6.54. The first-order chi connectivity index (χ1) is 11.5. The van der Waals surface area contributed by atoms with Crippen LogP contribution in [-0.2, 0) is 9.59 Å². The zero-order chi connectivity index (χ0) is 17.3. The van der Waals surface area contributed by atoms with Crippen molar-refractivity contribution in [2.24, 2.45) is 17.6 Å². The Hall–Kier alpha value is -1.30. The van der Waals surface area contributed by atoms with Crippen LogP contribution in [0.2, 0.25) is 10.0 Å². The van der Waals surface area contributed by atoms with E-state index in [0.717, 1.165) is 25.9 Å². The van der Waals surface area contributed by atoms with Gasteiger partial charge in [-0.25, -0.2) is 0 Å². The van der Waals surface area contributed by atoms with Crippen LogP contribution in [0.25, 0.3) is 0 Å². The minimum atomic E-state index is -0.301. The summed E-state index contributed by atoms with van der Waals surface area (Å²) in [5, 5.41) is 0.952. The highest BCUT2D eigenvalue weighted by molar-refractivity contribution is 6.35. The van der Waals surface area contributed by atoms with Crippen molar-refractivity contribution in [1.29, 1.82) is 0 Å². The fourth-order valence-electron chi connectivity index (χ4n) is 3.46. The van der Waals surface area contributed by atoms with Crippen molar-refractivity contribution in [2.45, 2.75) is 19.3 Å². The Morgan fingerprint density at radius 1 is 1.17 bits per heavy atom. The number of nitrogens with two attached hydrogens (primary N) is 1. The predicted molar refractivity (Wildman–Crippen MR) is 95.3 cm³/mol. The van der Waals surface area contributed by atoms with Gasteiger partial charge < -0.3 is 15.5 Å². The minimum absolute atomic E-state index is 0.0643. The maximum absolute atomic E-state index is 12.7. The summed E-state index contributed by atoms with van der Waals surface area (Å²) in [7, 11) is 0. The monoisotopic (exact) mass is 369 g/mol. The van der Waals surface area contributed by atoms with Crippen LogP contribution in [0.15, 0.2) is 18.2 Å². The van der Waals surface area contributed by atoms with E-state index in [1.165, 1.54) is 0 Å². The topological polar surface area (TPSA) is 66.6 Å². The normalized spacial score (nSPS) is 22.3. The molecule has 0 aliphatic carbocycles. The van der Waals surface area contributed by atoms with Gasteiger partial charge in [0.2, 0.25) is 11.8 Å². The predicted octanol–water partition coefficient (Wildman–Crippen LogP) is 2.54. The van der Waals surface area contributed by atoms with E-state index in [1.54, 1.807) is 23.1 Å². The van der Waals surface area contributed by atoms with E-state index < -0.39 is 0 Å². The highest BCUT2D eigenvalue weighted by atomic mass is 35.5. The van der Waals surface area contributed by atoms with Crippen molar-refractivity contribution < 1.29 is 9.59 Å². The third kappa shape index (κ3) is 3.68. The number of hydrogen-bond acceptors (Lipinski definition) is 3. The van der Waals surface area contributed by atoms with Crippen LogP contribution in [0.5, 0.6) is 0 Å². The van der Waals surface area contributed by atoms with Gasteiger partial charge in [-0.1, -0.05) is 23.2 Å². The lowest BCUT2D eigenvalue weighted by atomic mass is 9.95. The molecule has 3 rings (SSSR count). The molecule has 1 aromatic rings. The first kappa shape index (κ1) is 17.5. The van der Waals surface area contributed by atoms with E-state index in [0.29, 0.717) is 34.7 Å². The van der Waals surface area contributed by atoms with Crippen molar-refractivity contribution in [2.75, 3.05) is 31.1 Å². The second kappa shape index (κ2) is 7.30. The lowest BCUT2D eigenvalue weighted by Gasteiger charge is -2.33. The first-order valence-electron chi connectivity index (χ1n) is 8.23. The Morgan fingerprint density at radius 3 is 2.38 bits per heavy atom. The maximum Gasteiger partial charge on any atom is 0.228 e. The van der Waals surface area contributed by atoms with Crippen LogP contribution in [0, 0.1) is 11.8 Å². The molecule has 1 aromatic carbocycles. The molecule has 2 fully saturated rings. The zero-order valence-electron chi connectivity index (χ0n) is 13.4. The number of hydrogen-bond donors (Lipinski definition) is 1. The Kier molecular flexibility index (Phi) is 5.33. The summed E-state index contributed by atoms with van der Waals surface area (Å²) in [6, 6.07) is 5.02. The SMILES string of the molecule is NCC1CCN(C(=O)C2CC(=O)N(c3cc(Cl)cc(Cl)c3)C2)CC1. The summed E-state index contributed by atoms with van der Waals surface area (Å²) in [6.07, 6.45) is 2.12. The summed E-state index contributed by atoms with van der Waals surface area (Å²) in [5.74, 6) is 0.201. The number of likely N-dealkylation sites (tertiary alicyclic amines) is 1. The van der Waals surface area contributed by atoms with Crippen molar-refractivity contribution in [3.63, 3.8) is 0 Å². The average molecular weight is 370 g/mol. The highest BCUT2D eigenvalue weighted by Crippen LogP contribution is 2.31. The van der Waals surface area contributed by atoms with Gasteiger partial charge in [0, 0.05) is 41.8 Å². The van der Waals surface area contributed by atoms with Gasteiger partial charge in [-0.15, -0.1) is 0 Å². The van der Waals surface area contributed by atoms with E-state index in [2.05, 4.69) is 0 Å². The number of rotatable bonds is 3. The summed E-state index contributed by atoms with van der Waals surface area (Å²) in [4.78, 5) is 28.5. The Bertz CT molecular complexity index is 624. The number of piperidine rings is 1. The number of anilines is 1. The summed E-state index contributed by atoms with van der Waals surface area (Å²) in [5.41, 5.74) is 6.34. The number of amides is 2. The maximum atomic E-state index is 12.7. The van der Waals surface area contributed by atoms with E-state index in [9.17, 15) is 9.59 Å². The van der Waals surface area contributed by atoms with Crippen molar-refractivity contribution in [3.05, 3.63) is 28.2 Å². The summed E-state index contributed by atoms with van der Waals surface area (Å²) >= 11 is 12.0. The third-order valence-electron chi connectivity index (χ3n) is 4.89. The van der Waals surface area contributed by atoms with Crippen molar-refractivity contribution in [1.82, 2.24) is 4.90 Å². The number of carbonyl (C=O) groups excluding carboxylic acids is 2. The van der Waals surface area contributed by atoms with E-state index >= 15 is 0 Å². The van der Waals surface area contributed by atoms with Gasteiger partial charge in [-0.05, 0) is 43.5 Å². The molecule has 0 radical (unpaired) electrons. The summed E-state index contributed by atoms with van der Waals surface area (Å²) < 4.78 is 0. The van der Waals surface area contributed by atoms with Crippen LogP contribution in [0.3, 0.4) is 0 Å². The molecule has 0 saturated carbocycles. The average Bonchev–Trinajstić information content (AvgIpc) is 2.95. The minimum Gasteiger partial charge on any atom is -0.342 e. The van der Waals surface area contributed by atoms with E-state index in [-0.39, 0.29) is 24.2 Å². The number of benzene rings is 1. The van der Waals surface area contributed by atoms with Gasteiger partial charge in [0.1, 0.15) is 0 Å². The molecule has 1 atom stereocenters. The highest BCUT2D eigenvalue weighted by Gasteiger charge is 2.38. The van der Waals surface area contributed by atoms with Gasteiger partial charge in [-0.2, -0.15) is 0 Å². The van der Waals surface area contributed by atoms with Gasteiger partial charge in [0.15, 0.2) is 0 Å². The molecule has 2 aliphatic rings. The molecule has 130 valence electrons. The fraction of sp³-hybridized carbons (Fsp3) is 0.529. The van der Waals surface area contributed by atoms with Crippen LogP contribution in [-0.4, -0.2) is 42.9 Å². The third-order valence-corrected chi connectivity index (χ3v) is 5.33. The standard InChI is InChI=1S/C17H21Cl2N3O2/c18-13-6-14(19)8-15(7-13)22-10-12(5-16(22)23)17(24)21-3-1-11(9-20)2-4-21/h6-8,11-12H,1-5,9-10,20H2. The molecule has 5 nitrogen and oxygen atoms in total. The lowest BCUT2D eigenvalue weighted by molar-refractivity contribution is -0.137. The van der Waals surface area contributed by atoms with Crippen LogP contribution >= 0.6 is 23.2 Å². The van der Waals surface area contributed by atoms with Gasteiger partial charge >= 0.3 is 0 Å². The van der Waals surface area contributed by atoms with Crippen molar-refractivity contribution in [3.8, 4) is 0 Å². The van der Waals surface area contributed by atoms with Gasteiger partial charge in [0.05, 0.1) is 5.92 Å². The number of halogens is 2. The first-order valence-corrected chi connectivity index (χ1v) is 8.99. The molecule has 0 spiro atoms. The molecule has 2 saturated heterocycles. The largest absolute Gasteiger partial charge is 0.342 e. The van der Waals surface area contributed by atoms with Crippen LogP contribution in [0.1, 0.15) is 19.3 Å². The van der Waals surface area contributed by atoms with Crippen molar-refractivity contribution >= 4 is 40.7 Å². The van der Waals surface area contributed by atoms with Gasteiger partial charge in [0.25, 0.3) is 0 Å². The lowest BCUT2D eigenvalue weighted by Crippen LogP contribution is -2.43. The Labute approximate surface area is 151 Å². The molecule has 2 amide bonds. The molecule has 0 bridgehead atoms. The van der Waals surface area contributed by atoms with Crippen LogP contribution in [0.4, 0.5) is 5.69 Å². The Balaban J connectivity index is 1.67.